The van der Waals surface area contributed by atoms with E-state index in [0.29, 0.717) is 21.4 Å². The molecular formula is C23H17NO2S. The van der Waals surface area contributed by atoms with Gasteiger partial charge in [0.2, 0.25) is 0 Å². The maximum absolute atomic E-state index is 10.9. The second-order valence-corrected chi connectivity index (χ2v) is 7.09. The summed E-state index contributed by atoms with van der Waals surface area (Å²) < 4.78 is 0. The molecule has 0 amide bonds. The molecule has 4 rings (SSSR count). The Balaban J connectivity index is 1.90. The van der Waals surface area contributed by atoms with Crippen LogP contribution in [0.2, 0.25) is 0 Å². The minimum Gasteiger partial charge on any atom is -0.506 e. The molecular weight excluding hydrogens is 354 g/mol. The van der Waals surface area contributed by atoms with Gasteiger partial charge in [0, 0.05) is 21.9 Å². The van der Waals surface area contributed by atoms with Gasteiger partial charge in [0.15, 0.2) is 0 Å². The van der Waals surface area contributed by atoms with Crippen molar-refractivity contribution < 1.29 is 10.2 Å². The second kappa shape index (κ2) is 7.56. The van der Waals surface area contributed by atoms with Crippen LogP contribution >= 0.6 is 11.8 Å². The van der Waals surface area contributed by atoms with Gasteiger partial charge < -0.3 is 10.2 Å². The first-order valence-electron chi connectivity index (χ1n) is 8.52. The Labute approximate surface area is 161 Å². The van der Waals surface area contributed by atoms with Gasteiger partial charge in [-0.1, -0.05) is 84.6 Å². The number of aromatic hydroxyl groups is 2. The van der Waals surface area contributed by atoms with Crippen molar-refractivity contribution in [2.75, 3.05) is 0 Å². The molecule has 0 fully saturated rings. The highest BCUT2D eigenvalue weighted by atomic mass is 32.2. The lowest BCUT2D eigenvalue weighted by Crippen LogP contribution is -1.85. The van der Waals surface area contributed by atoms with Crippen molar-refractivity contribution in [1.29, 1.82) is 0 Å². The van der Waals surface area contributed by atoms with Crippen molar-refractivity contribution >= 4 is 34.4 Å². The van der Waals surface area contributed by atoms with Crippen LogP contribution in [0.1, 0.15) is 5.56 Å². The Morgan fingerprint density at radius 1 is 0.667 bits per heavy atom. The number of fused-ring (bicyclic) bond motifs is 1. The topological polar surface area (TPSA) is 52.8 Å². The summed E-state index contributed by atoms with van der Waals surface area (Å²) in [6.45, 7) is 0. The Bertz CT molecular complexity index is 1110. The predicted molar refractivity (Wildman–Crippen MR) is 112 cm³/mol. The van der Waals surface area contributed by atoms with Gasteiger partial charge in [-0.15, -0.1) is 0 Å². The number of hydrogen-bond acceptors (Lipinski definition) is 4. The molecule has 0 atom stereocenters. The van der Waals surface area contributed by atoms with Crippen molar-refractivity contribution in [2.45, 2.75) is 9.79 Å². The molecule has 0 aliphatic rings. The maximum Gasteiger partial charge on any atom is 0.150 e. The molecule has 0 radical (unpaired) electrons. The summed E-state index contributed by atoms with van der Waals surface area (Å²) in [5.41, 5.74) is 1.28. The van der Waals surface area contributed by atoms with Crippen LogP contribution in [0.4, 0.5) is 5.69 Å². The molecule has 0 saturated heterocycles. The Morgan fingerprint density at radius 3 is 1.89 bits per heavy atom. The lowest BCUT2D eigenvalue weighted by molar-refractivity contribution is 0.459. The Morgan fingerprint density at radius 2 is 1.22 bits per heavy atom. The summed E-state index contributed by atoms with van der Waals surface area (Å²) in [5.74, 6) is 0.187. The molecule has 0 aliphatic heterocycles. The number of nitrogens with zero attached hydrogens (tertiary/aromatic N) is 1. The number of rotatable bonds is 4. The lowest BCUT2D eigenvalue weighted by Gasteiger charge is -2.13. The summed E-state index contributed by atoms with van der Waals surface area (Å²) in [7, 11) is 0. The predicted octanol–water partition coefficient (Wildman–Crippen LogP) is 6.15. The van der Waals surface area contributed by atoms with Crippen molar-refractivity contribution in [3.63, 3.8) is 0 Å². The average Bonchev–Trinajstić information content (AvgIpc) is 2.73. The van der Waals surface area contributed by atoms with E-state index in [4.69, 9.17) is 0 Å². The SMILES string of the molecule is Oc1c(N=Cc2ccccc2)c(Sc2ccccc2)c(O)c2ccccc12. The van der Waals surface area contributed by atoms with E-state index in [1.54, 1.807) is 18.3 Å². The van der Waals surface area contributed by atoms with Crippen molar-refractivity contribution in [1.82, 2.24) is 0 Å². The maximum atomic E-state index is 10.9. The molecule has 132 valence electrons. The first kappa shape index (κ1) is 17.2. The quantitative estimate of drug-likeness (QED) is 0.334. The van der Waals surface area contributed by atoms with Gasteiger partial charge in [0.05, 0.1) is 4.90 Å². The highest BCUT2D eigenvalue weighted by Crippen LogP contribution is 2.51. The van der Waals surface area contributed by atoms with E-state index in [2.05, 4.69) is 4.99 Å². The zero-order valence-corrected chi connectivity index (χ0v) is 15.2. The summed E-state index contributed by atoms with van der Waals surface area (Å²) in [5, 5.41) is 23.0. The number of aliphatic imine (C=N–C) groups is 1. The molecule has 4 heteroatoms. The van der Waals surface area contributed by atoms with Gasteiger partial charge in [0.25, 0.3) is 0 Å². The summed E-state index contributed by atoms with van der Waals surface area (Å²) in [6.07, 6.45) is 1.69. The lowest BCUT2D eigenvalue weighted by atomic mass is 10.1. The first-order chi connectivity index (χ1) is 13.2. The Kier molecular flexibility index (Phi) is 4.81. The largest absolute Gasteiger partial charge is 0.506 e. The number of phenols is 2. The number of hydrogen-bond donors (Lipinski definition) is 2. The minimum atomic E-state index is 0.0639. The molecule has 3 nitrogen and oxygen atoms in total. The molecule has 27 heavy (non-hydrogen) atoms. The van der Waals surface area contributed by atoms with Crippen molar-refractivity contribution in [2.24, 2.45) is 4.99 Å². The zero-order valence-electron chi connectivity index (χ0n) is 14.4. The van der Waals surface area contributed by atoms with Gasteiger partial charge in [-0.2, -0.15) is 0 Å². The van der Waals surface area contributed by atoms with Gasteiger partial charge in [-0.3, -0.25) is 4.99 Å². The van der Waals surface area contributed by atoms with Gasteiger partial charge in [-0.25, -0.2) is 0 Å². The fraction of sp³-hybridized carbons (Fsp3) is 0. The van der Waals surface area contributed by atoms with E-state index in [1.807, 2.05) is 72.8 Å². The number of phenolic OH excluding ortho intramolecular Hbond substituents is 2. The molecule has 0 aliphatic carbocycles. The molecule has 4 aromatic rings. The van der Waals surface area contributed by atoms with Crippen molar-refractivity contribution in [3.05, 3.63) is 90.5 Å². The number of benzene rings is 4. The van der Waals surface area contributed by atoms with Crippen LogP contribution < -0.4 is 0 Å². The Hall–Kier alpha value is -3.24. The van der Waals surface area contributed by atoms with Crippen LogP contribution in [-0.2, 0) is 0 Å². The smallest absolute Gasteiger partial charge is 0.150 e. The standard InChI is InChI=1S/C23H17NO2S/c25-21-18-13-7-8-14-19(18)22(26)23(27-17-11-5-2-6-12-17)20(21)24-15-16-9-3-1-4-10-16/h1-15,25-26H. The summed E-state index contributed by atoms with van der Waals surface area (Å²) >= 11 is 1.38. The third-order valence-electron chi connectivity index (χ3n) is 4.20. The molecule has 0 spiro atoms. The van der Waals surface area contributed by atoms with Crippen LogP contribution in [0.3, 0.4) is 0 Å². The van der Waals surface area contributed by atoms with E-state index >= 15 is 0 Å². The molecule has 2 N–H and O–H groups in total. The van der Waals surface area contributed by atoms with E-state index in [1.165, 1.54) is 11.8 Å². The minimum absolute atomic E-state index is 0.0639. The average molecular weight is 371 g/mol. The first-order valence-corrected chi connectivity index (χ1v) is 9.34. The second-order valence-electron chi connectivity index (χ2n) is 6.00. The fourth-order valence-corrected chi connectivity index (χ4v) is 3.85. The summed E-state index contributed by atoms with van der Waals surface area (Å²) in [4.78, 5) is 6.02. The van der Waals surface area contributed by atoms with E-state index in [-0.39, 0.29) is 11.5 Å². The highest BCUT2D eigenvalue weighted by Gasteiger charge is 2.19. The molecule has 0 heterocycles. The summed E-state index contributed by atoms with van der Waals surface area (Å²) in [6, 6.07) is 26.6. The zero-order chi connectivity index (χ0) is 18.6. The third-order valence-corrected chi connectivity index (χ3v) is 5.30. The molecule has 0 aromatic heterocycles. The van der Waals surface area contributed by atoms with Crippen LogP contribution in [0.25, 0.3) is 10.8 Å². The van der Waals surface area contributed by atoms with Gasteiger partial charge >= 0.3 is 0 Å². The van der Waals surface area contributed by atoms with Crippen LogP contribution in [0, 0.1) is 0 Å². The molecule has 0 unspecified atom stereocenters. The van der Waals surface area contributed by atoms with Crippen LogP contribution in [0.5, 0.6) is 11.5 Å². The van der Waals surface area contributed by atoms with Crippen LogP contribution in [-0.4, -0.2) is 16.4 Å². The normalized spacial score (nSPS) is 11.3. The molecule has 4 aromatic carbocycles. The van der Waals surface area contributed by atoms with E-state index < -0.39 is 0 Å². The third kappa shape index (κ3) is 3.52. The van der Waals surface area contributed by atoms with Crippen LogP contribution in [0.15, 0.2) is 99.7 Å². The van der Waals surface area contributed by atoms with E-state index in [9.17, 15) is 10.2 Å². The fourth-order valence-electron chi connectivity index (χ4n) is 2.87. The molecule has 0 saturated carbocycles. The van der Waals surface area contributed by atoms with Crippen molar-refractivity contribution in [3.8, 4) is 11.5 Å². The molecule has 0 bridgehead atoms. The van der Waals surface area contributed by atoms with Gasteiger partial charge in [0.1, 0.15) is 17.2 Å². The monoisotopic (exact) mass is 371 g/mol. The van der Waals surface area contributed by atoms with Gasteiger partial charge in [-0.05, 0) is 17.7 Å². The highest BCUT2D eigenvalue weighted by molar-refractivity contribution is 7.99. The van der Waals surface area contributed by atoms with E-state index in [0.717, 1.165) is 10.5 Å².